The van der Waals surface area contributed by atoms with Crippen LogP contribution in [0.2, 0.25) is 0 Å². The first-order chi connectivity index (χ1) is 11.7. The van der Waals surface area contributed by atoms with Gasteiger partial charge in [-0.15, -0.1) is 0 Å². The predicted molar refractivity (Wildman–Crippen MR) is 95.6 cm³/mol. The molecule has 2 aromatic rings. The topological polar surface area (TPSA) is 52.1 Å². The summed E-state index contributed by atoms with van der Waals surface area (Å²) in [6, 6.07) is 1.40. The van der Waals surface area contributed by atoms with Crippen LogP contribution in [-0.2, 0) is 10.9 Å². The number of hydrogen-bond acceptors (Lipinski definition) is 4. The quantitative estimate of drug-likeness (QED) is 0.532. The fourth-order valence-electron chi connectivity index (χ4n) is 1.69. The largest absolute Gasteiger partial charge is 0.465 e. The van der Waals surface area contributed by atoms with Crippen molar-refractivity contribution < 1.29 is 22.7 Å². The molecule has 0 amide bonds. The number of nitrogens with zero attached hydrogens (tertiary/aromatic N) is 2. The molecule has 0 fully saturated rings. The lowest BCUT2D eigenvalue weighted by atomic mass is 10.1. The summed E-state index contributed by atoms with van der Waals surface area (Å²) in [5.74, 6) is -1.80. The number of carbonyl (C=O) groups is 1. The lowest BCUT2D eigenvalue weighted by Crippen LogP contribution is -2.11. The minimum atomic E-state index is -4.62. The highest BCUT2D eigenvalue weighted by Crippen LogP contribution is 2.32. The minimum Gasteiger partial charge on any atom is -0.465 e. The fourth-order valence-corrected chi connectivity index (χ4v) is 2.22. The average molecular weight is 423 g/mol. The number of hydrogen-bond donors (Lipinski definition) is 0. The lowest BCUT2D eigenvalue weighted by Gasteiger charge is -2.11. The van der Waals surface area contributed by atoms with Crippen LogP contribution in [0.1, 0.15) is 55.9 Å². The Kier molecular flexibility index (Phi) is 9.62. The van der Waals surface area contributed by atoms with Crippen LogP contribution < -0.4 is 0 Å². The Labute approximate surface area is 153 Å². The van der Waals surface area contributed by atoms with Crippen molar-refractivity contribution in [2.45, 2.75) is 47.2 Å². The van der Waals surface area contributed by atoms with E-state index in [-0.39, 0.29) is 11.1 Å². The molecule has 1 aromatic heterocycles. The zero-order valence-electron chi connectivity index (χ0n) is 15.1. The van der Waals surface area contributed by atoms with Crippen molar-refractivity contribution in [2.75, 3.05) is 7.11 Å². The Bertz CT molecular complexity index is 719. The summed E-state index contributed by atoms with van der Waals surface area (Å²) in [7, 11) is 1.23. The Balaban J connectivity index is 0.00000104. The Morgan fingerprint density at radius 1 is 1.28 bits per heavy atom. The van der Waals surface area contributed by atoms with Gasteiger partial charge in [0, 0.05) is 16.1 Å². The number of aromatic nitrogens is 2. The molecule has 1 heterocycles. The lowest BCUT2D eigenvalue weighted by molar-refractivity contribution is -0.144. The van der Waals surface area contributed by atoms with E-state index in [1.807, 2.05) is 13.8 Å². The van der Waals surface area contributed by atoms with Gasteiger partial charge in [-0.05, 0) is 34.5 Å². The van der Waals surface area contributed by atoms with Gasteiger partial charge in [-0.25, -0.2) is 14.8 Å². The number of esters is 1. The highest BCUT2D eigenvalue weighted by atomic mass is 79.9. The van der Waals surface area contributed by atoms with Gasteiger partial charge < -0.3 is 4.74 Å². The van der Waals surface area contributed by atoms with E-state index < -0.39 is 18.0 Å². The highest BCUT2D eigenvalue weighted by Gasteiger charge is 2.35. The van der Waals surface area contributed by atoms with Gasteiger partial charge in [-0.3, -0.25) is 0 Å². The van der Waals surface area contributed by atoms with Crippen LogP contribution in [0.25, 0.3) is 10.9 Å². The first-order valence-electron chi connectivity index (χ1n) is 7.78. The van der Waals surface area contributed by atoms with Crippen molar-refractivity contribution in [1.29, 1.82) is 0 Å². The third-order valence-electron chi connectivity index (χ3n) is 2.72. The number of benzene rings is 1. The third kappa shape index (κ3) is 5.95. The molecule has 0 atom stereocenters. The number of alkyl halides is 3. The highest BCUT2D eigenvalue weighted by molar-refractivity contribution is 9.10. The summed E-state index contributed by atoms with van der Waals surface area (Å²) in [4.78, 5) is 18.4. The van der Waals surface area contributed by atoms with Gasteiger partial charge in [-0.2, -0.15) is 13.2 Å². The number of fused-ring (bicyclic) bond motifs is 1. The molecule has 0 N–H and O–H groups in total. The SMILES string of the molecule is CC.CCC.COC(=O)c1cc2cnc(C(F)(F)F)nc2c(Br)c1C. The minimum absolute atomic E-state index is 0.0949. The second-order valence-corrected chi connectivity index (χ2v) is 5.48. The zero-order valence-corrected chi connectivity index (χ0v) is 16.7. The number of methoxy groups -OCH3 is 1. The van der Waals surface area contributed by atoms with Gasteiger partial charge in [0.05, 0.1) is 18.2 Å². The maximum Gasteiger partial charge on any atom is 0.451 e. The number of carbonyl (C=O) groups excluding carboxylic acids is 1. The monoisotopic (exact) mass is 422 g/mol. The number of ether oxygens (including phenoxy) is 1. The molecule has 0 radical (unpaired) electrons. The van der Waals surface area contributed by atoms with Crippen molar-refractivity contribution in [3.05, 3.63) is 33.7 Å². The summed E-state index contributed by atoms with van der Waals surface area (Å²) < 4.78 is 42.7. The van der Waals surface area contributed by atoms with Crippen LogP contribution in [0.5, 0.6) is 0 Å². The Hall–Kier alpha value is -1.70. The Morgan fingerprint density at radius 2 is 1.80 bits per heavy atom. The molecule has 2 rings (SSSR count). The molecule has 1 aromatic carbocycles. The first-order valence-corrected chi connectivity index (χ1v) is 8.57. The summed E-state index contributed by atoms with van der Waals surface area (Å²) >= 11 is 3.16. The van der Waals surface area contributed by atoms with Crippen LogP contribution in [0.15, 0.2) is 16.7 Å². The first kappa shape index (κ1) is 23.3. The molecule has 4 nitrogen and oxygen atoms in total. The van der Waals surface area contributed by atoms with Gasteiger partial charge in [0.2, 0.25) is 5.82 Å². The van der Waals surface area contributed by atoms with Crippen molar-refractivity contribution in [1.82, 2.24) is 9.97 Å². The van der Waals surface area contributed by atoms with E-state index in [4.69, 9.17) is 0 Å². The molecule has 0 spiro atoms. The van der Waals surface area contributed by atoms with E-state index in [0.717, 1.165) is 6.20 Å². The summed E-state index contributed by atoms with van der Waals surface area (Å²) in [6.45, 7) is 9.84. The molecule has 0 aliphatic heterocycles. The molecular formula is C17H22BrF3N2O2. The summed E-state index contributed by atoms with van der Waals surface area (Å²) in [6.07, 6.45) is -2.34. The van der Waals surface area contributed by atoms with Crippen molar-refractivity contribution in [3.8, 4) is 0 Å². The maximum absolute atomic E-state index is 12.6. The van der Waals surface area contributed by atoms with Gasteiger partial charge in [0.1, 0.15) is 0 Å². The average Bonchev–Trinajstić information content (AvgIpc) is 2.58. The molecular weight excluding hydrogens is 401 g/mol. The fraction of sp³-hybridized carbons (Fsp3) is 0.471. The summed E-state index contributed by atoms with van der Waals surface area (Å²) in [5, 5.41) is 0.316. The van der Waals surface area contributed by atoms with Crippen LogP contribution in [-0.4, -0.2) is 23.0 Å². The van der Waals surface area contributed by atoms with Gasteiger partial charge >= 0.3 is 12.1 Å². The standard InChI is InChI=1S/C12H8BrF3N2O2.C3H8.C2H6/c1-5-7(10(19)20-2)3-6-4-17-11(12(14,15)16)18-9(6)8(5)13;1-3-2;1-2/h3-4H,1-2H3;3H2,1-2H3;1-2H3. The second kappa shape index (κ2) is 10.3. The number of halogens is 4. The van der Waals surface area contributed by atoms with Crippen molar-refractivity contribution in [2.24, 2.45) is 0 Å². The molecule has 140 valence electrons. The van der Waals surface area contributed by atoms with Crippen molar-refractivity contribution in [3.63, 3.8) is 0 Å². The van der Waals surface area contributed by atoms with E-state index in [9.17, 15) is 18.0 Å². The maximum atomic E-state index is 12.6. The van der Waals surface area contributed by atoms with E-state index >= 15 is 0 Å². The normalized spacial score (nSPS) is 10.3. The summed E-state index contributed by atoms with van der Waals surface area (Å²) in [5.41, 5.74) is 0.795. The van der Waals surface area contributed by atoms with Gasteiger partial charge in [-0.1, -0.05) is 34.1 Å². The predicted octanol–water partition coefficient (Wildman–Crippen LogP) is 5.95. The van der Waals surface area contributed by atoms with E-state index in [0.29, 0.717) is 15.4 Å². The van der Waals surface area contributed by atoms with Gasteiger partial charge in [0.25, 0.3) is 0 Å². The molecule has 0 saturated heterocycles. The van der Waals surface area contributed by atoms with E-state index in [2.05, 4.69) is 44.5 Å². The number of rotatable bonds is 1. The van der Waals surface area contributed by atoms with Crippen molar-refractivity contribution >= 4 is 32.8 Å². The molecule has 0 unspecified atom stereocenters. The molecule has 8 heteroatoms. The smallest absolute Gasteiger partial charge is 0.451 e. The van der Waals surface area contributed by atoms with E-state index in [1.165, 1.54) is 19.6 Å². The molecule has 0 bridgehead atoms. The molecule has 25 heavy (non-hydrogen) atoms. The van der Waals surface area contributed by atoms with E-state index in [1.54, 1.807) is 6.92 Å². The third-order valence-corrected chi connectivity index (χ3v) is 3.69. The van der Waals surface area contributed by atoms with Crippen LogP contribution in [0.3, 0.4) is 0 Å². The van der Waals surface area contributed by atoms with Crippen LogP contribution >= 0.6 is 15.9 Å². The van der Waals surface area contributed by atoms with Crippen LogP contribution in [0, 0.1) is 6.92 Å². The molecule has 0 aliphatic carbocycles. The molecule has 0 aliphatic rings. The zero-order chi connectivity index (χ0) is 19.8. The molecule has 0 saturated carbocycles. The van der Waals surface area contributed by atoms with Crippen LogP contribution in [0.4, 0.5) is 13.2 Å². The van der Waals surface area contributed by atoms with Gasteiger partial charge in [0.15, 0.2) is 0 Å². The second-order valence-electron chi connectivity index (χ2n) is 4.69. The Morgan fingerprint density at radius 3 is 2.24 bits per heavy atom.